The second kappa shape index (κ2) is 8.11. The highest BCUT2D eigenvalue weighted by Crippen LogP contribution is 2.32. The monoisotopic (exact) mass is 351 g/mol. The first-order valence-electron chi connectivity index (χ1n) is 9.32. The number of aliphatic imine (C=N–C) groups is 1. The number of likely N-dealkylation sites (tertiary alicyclic amines) is 1. The summed E-state index contributed by atoms with van der Waals surface area (Å²) in [6.45, 7) is 8.48. The van der Waals surface area contributed by atoms with Gasteiger partial charge in [0, 0.05) is 50.1 Å². The molecule has 6 heteroatoms. The van der Waals surface area contributed by atoms with E-state index in [9.17, 15) is 0 Å². The summed E-state index contributed by atoms with van der Waals surface area (Å²) in [6.07, 6.45) is 7.08. The molecule has 2 saturated heterocycles. The molecular weight excluding hydrogens is 318 g/mol. The van der Waals surface area contributed by atoms with Crippen LogP contribution in [0.1, 0.15) is 19.8 Å². The van der Waals surface area contributed by atoms with Gasteiger partial charge >= 0.3 is 0 Å². The fraction of sp³-hybridized carbons (Fsp3) is 0.833. The van der Waals surface area contributed by atoms with Crippen LogP contribution in [0, 0.1) is 0 Å². The highest BCUT2D eigenvalue weighted by atomic mass is 32.2. The largest absolute Gasteiger partial charge is 0.357 e. The van der Waals surface area contributed by atoms with Crippen molar-refractivity contribution in [1.82, 2.24) is 20.0 Å². The molecular formula is C18H33N5S. The summed E-state index contributed by atoms with van der Waals surface area (Å²) < 4.78 is 0. The SMILES string of the molecule is CCNC(=NCC1(N(C)C)CCSC1)N1CCC(N2CC=CC2)C1. The molecule has 0 amide bonds. The van der Waals surface area contributed by atoms with Crippen LogP contribution in [-0.2, 0) is 0 Å². The molecule has 3 aliphatic heterocycles. The molecule has 3 aliphatic rings. The maximum Gasteiger partial charge on any atom is 0.194 e. The van der Waals surface area contributed by atoms with E-state index in [0.717, 1.165) is 45.2 Å². The molecule has 2 unspecified atom stereocenters. The van der Waals surface area contributed by atoms with Gasteiger partial charge in [-0.25, -0.2) is 0 Å². The van der Waals surface area contributed by atoms with Crippen molar-refractivity contribution in [3.05, 3.63) is 12.2 Å². The van der Waals surface area contributed by atoms with E-state index in [2.05, 4.69) is 64.9 Å². The van der Waals surface area contributed by atoms with Gasteiger partial charge in [-0.3, -0.25) is 9.89 Å². The first-order chi connectivity index (χ1) is 11.6. The summed E-state index contributed by atoms with van der Waals surface area (Å²) >= 11 is 2.07. The summed E-state index contributed by atoms with van der Waals surface area (Å²) in [5.41, 5.74) is 0.239. The van der Waals surface area contributed by atoms with Crippen LogP contribution < -0.4 is 5.32 Å². The number of hydrogen-bond donors (Lipinski definition) is 1. The third-order valence-electron chi connectivity index (χ3n) is 5.72. The average Bonchev–Trinajstić information content (AvgIpc) is 3.32. The second-order valence-electron chi connectivity index (χ2n) is 7.41. The van der Waals surface area contributed by atoms with Gasteiger partial charge in [-0.1, -0.05) is 12.2 Å². The van der Waals surface area contributed by atoms with Gasteiger partial charge < -0.3 is 15.1 Å². The van der Waals surface area contributed by atoms with E-state index in [-0.39, 0.29) is 5.54 Å². The molecule has 1 N–H and O–H groups in total. The van der Waals surface area contributed by atoms with Gasteiger partial charge in [0.25, 0.3) is 0 Å². The molecule has 0 bridgehead atoms. The standard InChI is InChI=1S/C18H33N5S/c1-4-19-17(20-14-18(21(2)3)8-12-24-15-18)23-11-7-16(13-23)22-9-5-6-10-22/h5-6,16H,4,7-15H2,1-3H3,(H,19,20). The van der Waals surface area contributed by atoms with Gasteiger partial charge in [0.05, 0.1) is 6.54 Å². The zero-order valence-corrected chi connectivity index (χ0v) is 16.3. The Morgan fingerprint density at radius 1 is 1.38 bits per heavy atom. The first-order valence-corrected chi connectivity index (χ1v) is 10.5. The van der Waals surface area contributed by atoms with Gasteiger partial charge in [-0.05, 0) is 39.6 Å². The van der Waals surface area contributed by atoms with E-state index in [1.165, 1.54) is 24.3 Å². The van der Waals surface area contributed by atoms with Crippen LogP contribution in [0.15, 0.2) is 17.1 Å². The summed E-state index contributed by atoms with van der Waals surface area (Å²) in [5, 5.41) is 3.53. The van der Waals surface area contributed by atoms with Crippen molar-refractivity contribution in [2.75, 3.05) is 64.9 Å². The molecule has 5 nitrogen and oxygen atoms in total. The number of guanidine groups is 1. The Morgan fingerprint density at radius 2 is 2.17 bits per heavy atom. The summed E-state index contributed by atoms with van der Waals surface area (Å²) in [6, 6.07) is 0.675. The van der Waals surface area contributed by atoms with Crippen molar-refractivity contribution in [2.24, 2.45) is 4.99 Å². The van der Waals surface area contributed by atoms with Crippen LogP contribution in [0.4, 0.5) is 0 Å². The van der Waals surface area contributed by atoms with Crippen molar-refractivity contribution >= 4 is 17.7 Å². The number of thioether (sulfide) groups is 1. The van der Waals surface area contributed by atoms with Gasteiger partial charge in [-0.15, -0.1) is 0 Å². The minimum atomic E-state index is 0.239. The Morgan fingerprint density at radius 3 is 2.79 bits per heavy atom. The molecule has 0 aromatic heterocycles. The highest BCUT2D eigenvalue weighted by Gasteiger charge is 2.37. The van der Waals surface area contributed by atoms with E-state index in [4.69, 9.17) is 4.99 Å². The summed E-state index contributed by atoms with van der Waals surface area (Å²) in [7, 11) is 4.42. The normalized spacial score (nSPS) is 31.6. The Hall–Kier alpha value is -0.720. The summed E-state index contributed by atoms with van der Waals surface area (Å²) in [4.78, 5) is 12.5. The number of hydrogen-bond acceptors (Lipinski definition) is 4. The predicted molar refractivity (Wildman–Crippen MR) is 105 cm³/mol. The zero-order valence-electron chi connectivity index (χ0n) is 15.5. The number of rotatable bonds is 5. The Bertz CT molecular complexity index is 462. The van der Waals surface area contributed by atoms with Gasteiger partial charge in [-0.2, -0.15) is 11.8 Å². The van der Waals surface area contributed by atoms with Crippen LogP contribution in [0.5, 0.6) is 0 Å². The lowest BCUT2D eigenvalue weighted by atomic mass is 9.98. The van der Waals surface area contributed by atoms with Crippen molar-refractivity contribution < 1.29 is 0 Å². The number of nitrogens with zero attached hydrogens (tertiary/aromatic N) is 4. The zero-order chi connectivity index (χ0) is 17.0. The van der Waals surface area contributed by atoms with Gasteiger partial charge in [0.15, 0.2) is 5.96 Å². The molecule has 0 spiro atoms. The molecule has 3 rings (SSSR count). The molecule has 0 aliphatic carbocycles. The smallest absolute Gasteiger partial charge is 0.194 e. The Labute approximate surface area is 151 Å². The lowest BCUT2D eigenvalue weighted by Gasteiger charge is -2.35. The molecule has 0 aromatic carbocycles. The Balaban J connectivity index is 1.63. The molecule has 0 radical (unpaired) electrons. The molecule has 24 heavy (non-hydrogen) atoms. The predicted octanol–water partition coefficient (Wildman–Crippen LogP) is 1.34. The molecule has 0 saturated carbocycles. The minimum absolute atomic E-state index is 0.239. The van der Waals surface area contributed by atoms with E-state index >= 15 is 0 Å². The van der Waals surface area contributed by atoms with Crippen molar-refractivity contribution in [2.45, 2.75) is 31.3 Å². The third kappa shape index (κ3) is 3.92. The quantitative estimate of drug-likeness (QED) is 0.459. The maximum atomic E-state index is 5.07. The van der Waals surface area contributed by atoms with E-state index < -0.39 is 0 Å². The topological polar surface area (TPSA) is 34.1 Å². The molecule has 0 aromatic rings. The average molecular weight is 352 g/mol. The van der Waals surface area contributed by atoms with Crippen LogP contribution in [0.3, 0.4) is 0 Å². The van der Waals surface area contributed by atoms with E-state index in [1.54, 1.807) is 0 Å². The van der Waals surface area contributed by atoms with E-state index in [1.807, 2.05) is 0 Å². The van der Waals surface area contributed by atoms with Crippen LogP contribution in [-0.4, -0.2) is 97.1 Å². The first kappa shape index (κ1) is 18.1. The van der Waals surface area contributed by atoms with Gasteiger partial charge in [0.2, 0.25) is 0 Å². The summed E-state index contributed by atoms with van der Waals surface area (Å²) in [5.74, 6) is 3.58. The van der Waals surface area contributed by atoms with E-state index in [0.29, 0.717) is 6.04 Å². The van der Waals surface area contributed by atoms with Gasteiger partial charge in [0.1, 0.15) is 0 Å². The number of nitrogens with one attached hydrogen (secondary N) is 1. The van der Waals surface area contributed by atoms with Crippen LogP contribution in [0.2, 0.25) is 0 Å². The fourth-order valence-corrected chi connectivity index (χ4v) is 5.43. The van der Waals surface area contributed by atoms with Crippen LogP contribution >= 0.6 is 11.8 Å². The highest BCUT2D eigenvalue weighted by molar-refractivity contribution is 7.99. The fourth-order valence-electron chi connectivity index (χ4n) is 3.89. The van der Waals surface area contributed by atoms with Crippen molar-refractivity contribution in [1.29, 1.82) is 0 Å². The molecule has 2 fully saturated rings. The van der Waals surface area contributed by atoms with Crippen molar-refractivity contribution in [3.63, 3.8) is 0 Å². The maximum absolute atomic E-state index is 5.07. The molecule has 136 valence electrons. The second-order valence-corrected chi connectivity index (χ2v) is 8.51. The molecule has 3 heterocycles. The molecule has 2 atom stereocenters. The lowest BCUT2D eigenvalue weighted by molar-refractivity contribution is 0.189. The van der Waals surface area contributed by atoms with Crippen LogP contribution in [0.25, 0.3) is 0 Å². The van der Waals surface area contributed by atoms with Crippen molar-refractivity contribution in [3.8, 4) is 0 Å². The number of likely N-dealkylation sites (N-methyl/N-ethyl adjacent to an activating group) is 1. The Kier molecular flexibility index (Phi) is 6.11. The minimum Gasteiger partial charge on any atom is -0.357 e. The third-order valence-corrected chi connectivity index (χ3v) is 6.95. The lowest BCUT2D eigenvalue weighted by Crippen LogP contribution is -2.49.